The third-order valence-electron chi connectivity index (χ3n) is 4.03. The molecular formula is C15H28N2O3. The molecule has 0 bridgehead atoms. The number of rotatable bonds is 6. The second-order valence-electron chi connectivity index (χ2n) is 6.46. The Morgan fingerprint density at radius 2 is 1.80 bits per heavy atom. The van der Waals surface area contributed by atoms with Gasteiger partial charge in [-0.15, -0.1) is 0 Å². The van der Waals surface area contributed by atoms with Crippen LogP contribution in [0.25, 0.3) is 0 Å². The first-order valence-electron chi connectivity index (χ1n) is 7.48. The van der Waals surface area contributed by atoms with Crippen LogP contribution >= 0.6 is 0 Å². The van der Waals surface area contributed by atoms with Gasteiger partial charge in [-0.3, -0.25) is 14.5 Å². The summed E-state index contributed by atoms with van der Waals surface area (Å²) in [7, 11) is 3.56. The van der Waals surface area contributed by atoms with Crippen molar-refractivity contribution in [1.82, 2.24) is 9.80 Å². The average Bonchev–Trinajstić information content (AvgIpc) is 2.36. The van der Waals surface area contributed by atoms with Crippen LogP contribution in [-0.2, 0) is 9.59 Å². The smallest absolute Gasteiger partial charge is 0.320 e. The predicted octanol–water partition coefficient (Wildman–Crippen LogP) is 1.68. The molecule has 5 heteroatoms. The molecule has 0 aromatic carbocycles. The zero-order valence-corrected chi connectivity index (χ0v) is 13.1. The summed E-state index contributed by atoms with van der Waals surface area (Å²) >= 11 is 0. The molecule has 1 atom stereocenters. The average molecular weight is 284 g/mol. The van der Waals surface area contributed by atoms with Crippen LogP contribution < -0.4 is 0 Å². The first-order chi connectivity index (χ1) is 9.31. The minimum atomic E-state index is -0.721. The van der Waals surface area contributed by atoms with Gasteiger partial charge < -0.3 is 10.0 Å². The van der Waals surface area contributed by atoms with Crippen molar-refractivity contribution in [3.05, 3.63) is 0 Å². The molecule has 116 valence electrons. The zero-order chi connectivity index (χ0) is 15.3. The molecule has 1 rings (SSSR count). The van der Waals surface area contributed by atoms with Crippen molar-refractivity contribution < 1.29 is 14.7 Å². The SMILES string of the molecule is CC(C)CC(C(=O)O)N1CCC(CC(=O)N(C)C)CC1. The van der Waals surface area contributed by atoms with E-state index in [-0.39, 0.29) is 11.9 Å². The third-order valence-corrected chi connectivity index (χ3v) is 4.03. The van der Waals surface area contributed by atoms with Crippen molar-refractivity contribution in [1.29, 1.82) is 0 Å². The van der Waals surface area contributed by atoms with Gasteiger partial charge in [0.25, 0.3) is 0 Å². The van der Waals surface area contributed by atoms with E-state index in [1.54, 1.807) is 19.0 Å². The minimum absolute atomic E-state index is 0.167. The van der Waals surface area contributed by atoms with Gasteiger partial charge in [0.2, 0.25) is 5.91 Å². The normalized spacial score (nSPS) is 19.1. The molecule has 0 radical (unpaired) electrons. The van der Waals surface area contributed by atoms with Crippen LogP contribution in [-0.4, -0.2) is 60.0 Å². The van der Waals surface area contributed by atoms with E-state index in [2.05, 4.69) is 18.7 Å². The summed E-state index contributed by atoms with van der Waals surface area (Å²) in [6.07, 6.45) is 3.11. The van der Waals surface area contributed by atoms with E-state index in [1.807, 2.05) is 0 Å². The van der Waals surface area contributed by atoms with Crippen LogP contribution in [0, 0.1) is 11.8 Å². The highest BCUT2D eigenvalue weighted by Gasteiger charge is 2.30. The number of aliphatic carboxylic acids is 1. The molecule has 1 unspecified atom stereocenters. The Morgan fingerprint density at radius 1 is 1.25 bits per heavy atom. The van der Waals surface area contributed by atoms with E-state index in [1.165, 1.54) is 0 Å². The van der Waals surface area contributed by atoms with E-state index in [0.29, 0.717) is 24.7 Å². The van der Waals surface area contributed by atoms with Crippen molar-refractivity contribution in [2.45, 2.75) is 45.6 Å². The summed E-state index contributed by atoms with van der Waals surface area (Å²) in [5.41, 5.74) is 0. The fraction of sp³-hybridized carbons (Fsp3) is 0.867. The van der Waals surface area contributed by atoms with E-state index in [0.717, 1.165) is 25.9 Å². The van der Waals surface area contributed by atoms with Gasteiger partial charge in [0.15, 0.2) is 0 Å². The van der Waals surface area contributed by atoms with Crippen LogP contribution in [0.5, 0.6) is 0 Å². The summed E-state index contributed by atoms with van der Waals surface area (Å²) in [5.74, 6) is 0.223. The van der Waals surface area contributed by atoms with E-state index in [9.17, 15) is 14.7 Å². The number of carboxylic acids is 1. The van der Waals surface area contributed by atoms with Gasteiger partial charge in [0.05, 0.1) is 0 Å². The number of hydrogen-bond acceptors (Lipinski definition) is 3. The van der Waals surface area contributed by atoms with Crippen LogP contribution in [0.1, 0.15) is 39.5 Å². The molecule has 1 amide bonds. The van der Waals surface area contributed by atoms with Gasteiger partial charge in [-0.1, -0.05) is 13.8 Å². The molecule has 0 saturated carbocycles. The highest BCUT2D eigenvalue weighted by molar-refractivity contribution is 5.75. The largest absolute Gasteiger partial charge is 0.480 e. The van der Waals surface area contributed by atoms with Crippen LogP contribution in [0.3, 0.4) is 0 Å². The number of carbonyl (C=O) groups is 2. The maximum atomic E-state index is 11.7. The summed E-state index contributed by atoms with van der Waals surface area (Å²) in [6.45, 7) is 5.68. The molecule has 0 aromatic heterocycles. The van der Waals surface area contributed by atoms with Crippen molar-refractivity contribution >= 4 is 11.9 Å². The van der Waals surface area contributed by atoms with Gasteiger partial charge >= 0.3 is 5.97 Å². The van der Waals surface area contributed by atoms with Gasteiger partial charge in [-0.25, -0.2) is 0 Å². The van der Waals surface area contributed by atoms with E-state index < -0.39 is 5.97 Å². The number of nitrogens with zero attached hydrogens (tertiary/aromatic N) is 2. The first-order valence-corrected chi connectivity index (χ1v) is 7.48. The Labute approximate surface area is 121 Å². The highest BCUT2D eigenvalue weighted by atomic mass is 16.4. The van der Waals surface area contributed by atoms with Gasteiger partial charge in [-0.05, 0) is 44.2 Å². The fourth-order valence-corrected chi connectivity index (χ4v) is 2.75. The lowest BCUT2D eigenvalue weighted by molar-refractivity contribution is -0.145. The molecule has 1 fully saturated rings. The standard InChI is InChI=1S/C15H28N2O3/c1-11(2)9-13(15(19)20)17-7-5-12(6-8-17)10-14(18)16(3)4/h11-13H,5-10H2,1-4H3,(H,19,20). The Bertz CT molecular complexity index is 334. The Kier molecular flexibility index (Phi) is 6.46. The molecule has 0 aromatic rings. The van der Waals surface area contributed by atoms with E-state index in [4.69, 9.17) is 0 Å². The molecule has 1 heterocycles. The molecule has 5 nitrogen and oxygen atoms in total. The fourth-order valence-electron chi connectivity index (χ4n) is 2.75. The van der Waals surface area contributed by atoms with Crippen LogP contribution in [0.2, 0.25) is 0 Å². The third kappa shape index (κ3) is 5.12. The number of piperidine rings is 1. The minimum Gasteiger partial charge on any atom is -0.480 e. The summed E-state index contributed by atoms with van der Waals surface area (Å²) < 4.78 is 0. The second kappa shape index (κ2) is 7.62. The molecule has 1 N–H and O–H groups in total. The maximum absolute atomic E-state index is 11.7. The lowest BCUT2D eigenvalue weighted by Gasteiger charge is -2.36. The van der Waals surface area contributed by atoms with Crippen molar-refractivity contribution in [3.63, 3.8) is 0 Å². The molecule has 1 aliphatic rings. The molecular weight excluding hydrogens is 256 g/mol. The predicted molar refractivity (Wildman–Crippen MR) is 78.5 cm³/mol. The topological polar surface area (TPSA) is 60.9 Å². The number of hydrogen-bond donors (Lipinski definition) is 1. The van der Waals surface area contributed by atoms with Gasteiger partial charge in [0, 0.05) is 20.5 Å². The van der Waals surface area contributed by atoms with Crippen molar-refractivity contribution in [2.24, 2.45) is 11.8 Å². The van der Waals surface area contributed by atoms with Crippen molar-refractivity contribution in [2.75, 3.05) is 27.2 Å². The second-order valence-corrected chi connectivity index (χ2v) is 6.46. The number of carbonyl (C=O) groups excluding carboxylic acids is 1. The lowest BCUT2D eigenvalue weighted by atomic mass is 9.91. The van der Waals surface area contributed by atoms with Crippen LogP contribution in [0.15, 0.2) is 0 Å². The highest BCUT2D eigenvalue weighted by Crippen LogP contribution is 2.24. The summed E-state index contributed by atoms with van der Waals surface area (Å²) in [4.78, 5) is 26.8. The van der Waals surface area contributed by atoms with Crippen LogP contribution in [0.4, 0.5) is 0 Å². The Balaban J connectivity index is 2.47. The summed E-state index contributed by atoms with van der Waals surface area (Å²) in [5, 5.41) is 9.36. The molecule has 20 heavy (non-hydrogen) atoms. The number of likely N-dealkylation sites (tertiary alicyclic amines) is 1. The van der Waals surface area contributed by atoms with E-state index >= 15 is 0 Å². The Morgan fingerprint density at radius 3 is 2.20 bits per heavy atom. The quantitative estimate of drug-likeness (QED) is 0.806. The number of carboxylic acid groups (broad SMARTS) is 1. The van der Waals surface area contributed by atoms with Gasteiger partial charge in [0.1, 0.15) is 6.04 Å². The van der Waals surface area contributed by atoms with Gasteiger partial charge in [-0.2, -0.15) is 0 Å². The molecule has 0 spiro atoms. The Hall–Kier alpha value is -1.10. The molecule has 1 saturated heterocycles. The number of amides is 1. The first kappa shape index (κ1) is 17.0. The zero-order valence-electron chi connectivity index (χ0n) is 13.1. The molecule has 0 aliphatic carbocycles. The maximum Gasteiger partial charge on any atom is 0.320 e. The summed E-state index contributed by atoms with van der Waals surface area (Å²) in [6, 6.07) is -0.375. The monoisotopic (exact) mass is 284 g/mol. The lowest BCUT2D eigenvalue weighted by Crippen LogP contribution is -2.46. The van der Waals surface area contributed by atoms with Crippen molar-refractivity contribution in [3.8, 4) is 0 Å². The molecule has 1 aliphatic heterocycles.